The molecule has 2 aliphatic rings. The first-order chi connectivity index (χ1) is 21.2. The Hall–Kier alpha value is -4.37. The van der Waals surface area contributed by atoms with E-state index in [1.807, 2.05) is 4.90 Å². The van der Waals surface area contributed by atoms with Crippen molar-refractivity contribution >= 4 is 47.5 Å². The molecule has 1 unspecified atom stereocenters. The molecule has 0 radical (unpaired) electrons. The monoisotopic (exact) mass is 668 g/mol. The number of fused-ring (bicyclic) bond motifs is 2. The van der Waals surface area contributed by atoms with Gasteiger partial charge in [0.2, 0.25) is 5.76 Å². The van der Waals surface area contributed by atoms with Crippen molar-refractivity contribution in [1.82, 2.24) is 0 Å². The number of hydrogen-bond donors (Lipinski definition) is 3. The first-order valence-corrected chi connectivity index (χ1v) is 15.0. The molecule has 0 fully saturated rings. The highest BCUT2D eigenvalue weighted by Crippen LogP contribution is 2.48. The zero-order valence-corrected chi connectivity index (χ0v) is 24.9. The average Bonchev–Trinajstić information content (AvgIpc) is 3.07. The van der Waals surface area contributed by atoms with Crippen molar-refractivity contribution in [2.24, 2.45) is 0 Å². The van der Waals surface area contributed by atoms with E-state index in [0.29, 0.717) is 26.8 Å². The molecule has 1 aliphatic carbocycles. The normalized spacial score (nSPS) is 19.6. The van der Waals surface area contributed by atoms with Crippen molar-refractivity contribution in [1.29, 1.82) is 0 Å². The lowest BCUT2D eigenvalue weighted by molar-refractivity contribution is -0.578. The van der Waals surface area contributed by atoms with E-state index < -0.39 is 60.6 Å². The van der Waals surface area contributed by atoms with Crippen LogP contribution in [0.25, 0.3) is 33.4 Å². The zero-order chi connectivity index (χ0) is 34.0. The van der Waals surface area contributed by atoms with Gasteiger partial charge >= 0.3 is 34.9 Å². The van der Waals surface area contributed by atoms with Crippen LogP contribution in [0.4, 0.5) is 23.2 Å². The fourth-order valence-electron chi connectivity index (χ4n) is 5.49. The molecule has 0 spiro atoms. The van der Waals surface area contributed by atoms with Crippen molar-refractivity contribution < 1.29 is 65.2 Å². The summed E-state index contributed by atoms with van der Waals surface area (Å²) in [5, 5.41) is 19.1. The molecule has 3 heterocycles. The molecule has 1 aliphatic heterocycles. The van der Waals surface area contributed by atoms with Gasteiger partial charge in [-0.05, 0) is 38.0 Å². The third-order valence-corrected chi connectivity index (χ3v) is 8.14. The number of carboxylic acids is 1. The van der Waals surface area contributed by atoms with Crippen LogP contribution in [0.3, 0.4) is 0 Å². The van der Waals surface area contributed by atoms with E-state index in [-0.39, 0.29) is 36.1 Å². The number of carbonyl (C=O) groups excluding carboxylic acids is 1. The molecular weight excluding hydrogens is 643 g/mol. The summed E-state index contributed by atoms with van der Waals surface area (Å²) in [6.07, 6.45) is 3.66. The van der Waals surface area contributed by atoms with Gasteiger partial charge < -0.3 is 33.8 Å². The molecule has 46 heavy (non-hydrogen) atoms. The quantitative estimate of drug-likeness (QED) is 0.131. The van der Waals surface area contributed by atoms with Crippen LogP contribution in [-0.4, -0.2) is 57.4 Å². The van der Waals surface area contributed by atoms with Crippen LogP contribution in [-0.2, 0) is 18.7 Å². The molecule has 244 valence electrons. The minimum absolute atomic E-state index is 0.0677. The number of nitrogens with zero attached hydrogens (tertiary/aromatic N) is 2. The number of aromatic nitrogens is 1. The Balaban J connectivity index is 1.58. The minimum atomic E-state index is -5.15. The molecule has 17 heteroatoms. The number of rotatable bonds is 9. The number of anilines is 1. The SMILES string of the molecule is CC1(C)C=C(COP(=O)([O-])O)c2cc3cc(-c4cc[n+](C5=C(O)C(F)(F)C(F)(F)C5=O)cc4)c(=O)oc3cc2N1CCCC(=O)O. The van der Waals surface area contributed by atoms with Crippen molar-refractivity contribution in [3.8, 4) is 11.1 Å². The van der Waals surface area contributed by atoms with Crippen LogP contribution in [0.2, 0.25) is 0 Å². The molecular formula is C29H25F4N2O10P. The summed E-state index contributed by atoms with van der Waals surface area (Å²) >= 11 is 0. The van der Waals surface area contributed by atoms with E-state index in [1.54, 1.807) is 26.0 Å². The van der Waals surface area contributed by atoms with Crippen molar-refractivity contribution in [3.63, 3.8) is 0 Å². The highest BCUT2D eigenvalue weighted by Gasteiger charge is 2.74. The molecule has 0 saturated carbocycles. The van der Waals surface area contributed by atoms with E-state index in [0.717, 1.165) is 24.5 Å². The van der Waals surface area contributed by atoms with Crippen molar-refractivity contribution in [3.05, 3.63) is 70.5 Å². The van der Waals surface area contributed by atoms with Gasteiger partial charge in [-0.15, -0.1) is 0 Å². The summed E-state index contributed by atoms with van der Waals surface area (Å²) < 4.78 is 77.5. The number of allylic oxidation sites excluding steroid dienone is 2. The number of aliphatic hydroxyl groups excluding tert-OH is 1. The van der Waals surface area contributed by atoms with Gasteiger partial charge in [-0.1, -0.05) is 6.08 Å². The van der Waals surface area contributed by atoms with Crippen LogP contribution >= 0.6 is 7.82 Å². The number of phosphoric acid groups is 1. The maximum Gasteiger partial charge on any atom is 0.385 e. The minimum Gasteiger partial charge on any atom is -0.756 e. The fourth-order valence-corrected chi connectivity index (χ4v) is 5.79. The van der Waals surface area contributed by atoms with E-state index >= 15 is 0 Å². The highest BCUT2D eigenvalue weighted by atomic mass is 31.2. The molecule has 1 aromatic carbocycles. The Bertz CT molecular complexity index is 1950. The number of hydrogen-bond acceptors (Lipinski definition) is 9. The number of pyridine rings is 1. The topological polar surface area (TPSA) is 182 Å². The Morgan fingerprint density at radius 2 is 1.72 bits per heavy atom. The smallest absolute Gasteiger partial charge is 0.385 e. The van der Waals surface area contributed by atoms with Crippen molar-refractivity contribution in [2.45, 2.75) is 44.1 Å². The second-order valence-electron chi connectivity index (χ2n) is 11.2. The number of aliphatic carboxylic acids is 1. The van der Waals surface area contributed by atoms with E-state index in [9.17, 15) is 51.4 Å². The summed E-state index contributed by atoms with van der Waals surface area (Å²) in [6, 6.07) is 6.78. The number of Topliss-reactive ketones (excluding diaryl/α,β-unsaturated/α-hetero) is 1. The first kappa shape index (κ1) is 33.0. The van der Waals surface area contributed by atoms with Gasteiger partial charge in [-0.25, -0.2) is 4.79 Å². The van der Waals surface area contributed by atoms with Gasteiger partial charge in [0.05, 0.1) is 17.7 Å². The maximum absolute atomic E-state index is 13.8. The number of alkyl halides is 4. The van der Waals surface area contributed by atoms with Gasteiger partial charge in [0.25, 0.3) is 7.82 Å². The summed E-state index contributed by atoms with van der Waals surface area (Å²) in [7, 11) is -5.12. The predicted octanol–water partition coefficient (Wildman–Crippen LogP) is 3.65. The Morgan fingerprint density at radius 1 is 1.09 bits per heavy atom. The van der Waals surface area contributed by atoms with Gasteiger partial charge in [-0.3, -0.25) is 14.2 Å². The first-order valence-electron chi connectivity index (χ1n) is 13.5. The number of carbonyl (C=O) groups is 2. The predicted molar refractivity (Wildman–Crippen MR) is 151 cm³/mol. The number of halogens is 4. The van der Waals surface area contributed by atoms with Gasteiger partial charge in [0.1, 0.15) is 5.58 Å². The lowest BCUT2D eigenvalue weighted by atomic mass is 9.87. The standard InChI is InChI=1S/C29H25F4N2O10P/c1-27(2)13-17(14-44-46(41,42)43)18-10-16-11-19(26(40)45-21(16)12-20(18)35(27)7-3-4-22(36)37)15-5-8-34(9-6-15)23-24(38)28(30,31)29(32,33)25(23)39/h5-6,8-13H,3-4,7,14H2,1-2H3,(H3-,36,37,38,39,41,42,43). The Kier molecular flexibility index (Phi) is 8.00. The summed E-state index contributed by atoms with van der Waals surface area (Å²) in [6.45, 7) is 3.27. The van der Waals surface area contributed by atoms with E-state index in [2.05, 4.69) is 4.52 Å². The Labute approximate surface area is 256 Å². The molecule has 12 nitrogen and oxygen atoms in total. The lowest BCUT2D eigenvalue weighted by Gasteiger charge is -2.44. The molecule has 0 bridgehead atoms. The molecule has 5 rings (SSSR count). The lowest BCUT2D eigenvalue weighted by Crippen LogP contribution is -2.46. The van der Waals surface area contributed by atoms with Crippen LogP contribution < -0.4 is 20.0 Å². The van der Waals surface area contributed by atoms with Gasteiger partial charge in [0.15, 0.2) is 12.4 Å². The fraction of sp³-hybridized carbons (Fsp3) is 0.310. The third-order valence-electron chi connectivity index (χ3n) is 7.68. The maximum atomic E-state index is 13.8. The molecule has 3 aromatic rings. The zero-order valence-electron chi connectivity index (χ0n) is 24.0. The average molecular weight is 668 g/mol. The number of aliphatic hydroxyl groups is 1. The summed E-state index contributed by atoms with van der Waals surface area (Å²) in [5.41, 5.74) is -1.63. The molecule has 0 saturated heterocycles. The largest absolute Gasteiger partial charge is 0.756 e. The highest BCUT2D eigenvalue weighted by molar-refractivity contribution is 7.44. The summed E-state index contributed by atoms with van der Waals surface area (Å²) in [5.74, 6) is -15.7. The van der Waals surface area contributed by atoms with E-state index in [1.165, 1.54) is 12.1 Å². The Morgan fingerprint density at radius 3 is 2.28 bits per heavy atom. The van der Waals surface area contributed by atoms with Crippen LogP contribution in [0.1, 0.15) is 32.3 Å². The number of ketones is 1. The number of carboxylic acid groups (broad SMARTS) is 1. The van der Waals surface area contributed by atoms with Crippen LogP contribution in [0.15, 0.2) is 63.8 Å². The second-order valence-corrected chi connectivity index (χ2v) is 12.4. The van der Waals surface area contributed by atoms with Gasteiger partial charge in [-0.2, -0.15) is 22.1 Å². The van der Waals surface area contributed by atoms with Gasteiger partial charge in [0, 0.05) is 53.4 Å². The van der Waals surface area contributed by atoms with Crippen LogP contribution in [0.5, 0.6) is 0 Å². The van der Waals surface area contributed by atoms with Crippen molar-refractivity contribution in [2.75, 3.05) is 18.1 Å². The molecule has 0 amide bonds. The van der Waals surface area contributed by atoms with Crippen LogP contribution in [0, 0.1) is 0 Å². The third kappa shape index (κ3) is 5.73. The summed E-state index contributed by atoms with van der Waals surface area (Å²) in [4.78, 5) is 58.6. The number of phosphoric ester groups is 1. The van der Waals surface area contributed by atoms with E-state index in [4.69, 9.17) is 9.52 Å². The molecule has 1 atom stereocenters. The second kappa shape index (κ2) is 11.2. The molecule has 3 N–H and O–H groups in total. The molecule has 2 aromatic heterocycles. The number of benzene rings is 1.